The fraction of sp³-hybridized carbons (Fsp3) is 0.560. The standard InChI is InChI=1S/C25H37N3O4/c1-4-6-10-16-28(17-11-7-5-2)25(32)21(14-15-22(29)30)27-24(31)23-18(3)19-12-8-9-13-20(19)26-23/h8-9,12-13,21,26H,4-7,10-11,14-17H2,1-3H3,(H,27,31)(H,29,30). The molecule has 1 atom stereocenters. The Morgan fingerprint density at radius 2 is 1.66 bits per heavy atom. The maximum absolute atomic E-state index is 13.4. The van der Waals surface area contributed by atoms with Crippen molar-refractivity contribution in [2.24, 2.45) is 0 Å². The third-order valence-corrected chi connectivity index (χ3v) is 5.82. The zero-order chi connectivity index (χ0) is 23.5. The SMILES string of the molecule is CCCCCN(CCCCC)C(=O)C(CCC(=O)O)NC(=O)c1[nH]c2ccccc2c1C. The zero-order valence-corrected chi connectivity index (χ0v) is 19.6. The molecule has 176 valence electrons. The highest BCUT2D eigenvalue weighted by atomic mass is 16.4. The number of amides is 2. The normalized spacial score (nSPS) is 12.0. The predicted molar refractivity (Wildman–Crippen MR) is 127 cm³/mol. The maximum atomic E-state index is 13.4. The van der Waals surface area contributed by atoms with Crippen molar-refractivity contribution in [3.8, 4) is 0 Å². The van der Waals surface area contributed by atoms with Crippen LogP contribution in [0.3, 0.4) is 0 Å². The van der Waals surface area contributed by atoms with Crippen molar-refractivity contribution in [1.82, 2.24) is 15.2 Å². The molecular weight excluding hydrogens is 406 g/mol. The number of nitrogens with one attached hydrogen (secondary N) is 2. The zero-order valence-electron chi connectivity index (χ0n) is 19.6. The molecule has 0 saturated carbocycles. The molecular formula is C25H37N3O4. The van der Waals surface area contributed by atoms with Crippen molar-refractivity contribution in [2.45, 2.75) is 78.2 Å². The molecule has 7 nitrogen and oxygen atoms in total. The first kappa shape index (κ1) is 25.4. The highest BCUT2D eigenvalue weighted by Crippen LogP contribution is 2.21. The lowest BCUT2D eigenvalue weighted by Crippen LogP contribution is -2.49. The van der Waals surface area contributed by atoms with Gasteiger partial charge in [0.05, 0.1) is 0 Å². The summed E-state index contributed by atoms with van der Waals surface area (Å²) in [6.45, 7) is 7.34. The van der Waals surface area contributed by atoms with E-state index in [0.717, 1.165) is 55.0 Å². The van der Waals surface area contributed by atoms with Crippen LogP contribution in [0.15, 0.2) is 24.3 Å². The number of aromatic nitrogens is 1. The van der Waals surface area contributed by atoms with E-state index in [9.17, 15) is 19.5 Å². The van der Waals surface area contributed by atoms with E-state index in [4.69, 9.17) is 0 Å². The number of carbonyl (C=O) groups excluding carboxylic acids is 2. The van der Waals surface area contributed by atoms with Crippen LogP contribution in [0.2, 0.25) is 0 Å². The van der Waals surface area contributed by atoms with Crippen LogP contribution in [0.1, 0.15) is 81.3 Å². The number of hydrogen-bond donors (Lipinski definition) is 3. The minimum atomic E-state index is -0.984. The minimum Gasteiger partial charge on any atom is -0.481 e. The van der Waals surface area contributed by atoms with E-state index >= 15 is 0 Å². The molecule has 0 radical (unpaired) electrons. The van der Waals surface area contributed by atoms with E-state index in [1.54, 1.807) is 4.90 Å². The Bertz CT molecular complexity index is 896. The Hall–Kier alpha value is -2.83. The van der Waals surface area contributed by atoms with Crippen molar-refractivity contribution in [1.29, 1.82) is 0 Å². The molecule has 2 rings (SSSR count). The topological polar surface area (TPSA) is 102 Å². The minimum absolute atomic E-state index is 0.0667. The van der Waals surface area contributed by atoms with Gasteiger partial charge in [-0.05, 0) is 37.8 Å². The number of carboxylic acids is 1. The van der Waals surface area contributed by atoms with E-state index in [-0.39, 0.29) is 24.7 Å². The van der Waals surface area contributed by atoms with Crippen molar-refractivity contribution in [3.63, 3.8) is 0 Å². The Labute approximate surface area is 190 Å². The Morgan fingerprint density at radius 1 is 1.03 bits per heavy atom. The Kier molecular flexibility index (Phi) is 10.2. The van der Waals surface area contributed by atoms with Crippen LogP contribution in [-0.4, -0.2) is 51.9 Å². The molecule has 0 fully saturated rings. The number of aryl methyl sites for hydroxylation is 1. The second-order valence-corrected chi connectivity index (χ2v) is 8.37. The number of nitrogens with zero attached hydrogens (tertiary/aromatic N) is 1. The summed E-state index contributed by atoms with van der Waals surface area (Å²) < 4.78 is 0. The molecule has 1 aromatic carbocycles. The maximum Gasteiger partial charge on any atom is 0.303 e. The first-order chi connectivity index (χ1) is 15.4. The molecule has 0 saturated heterocycles. The second kappa shape index (κ2) is 12.9. The molecule has 1 heterocycles. The Balaban J connectivity index is 2.21. The molecule has 0 aliphatic rings. The van der Waals surface area contributed by atoms with E-state index in [0.29, 0.717) is 18.8 Å². The van der Waals surface area contributed by atoms with Crippen molar-refractivity contribution in [3.05, 3.63) is 35.5 Å². The molecule has 0 bridgehead atoms. The van der Waals surface area contributed by atoms with Crippen molar-refractivity contribution >= 4 is 28.7 Å². The van der Waals surface area contributed by atoms with Crippen molar-refractivity contribution in [2.75, 3.05) is 13.1 Å². The van der Waals surface area contributed by atoms with Gasteiger partial charge in [0, 0.05) is 30.4 Å². The number of aliphatic carboxylic acids is 1. The molecule has 3 N–H and O–H groups in total. The second-order valence-electron chi connectivity index (χ2n) is 8.37. The number of carbonyl (C=O) groups is 3. The number of H-pyrrole nitrogens is 1. The van der Waals surface area contributed by atoms with Gasteiger partial charge in [0.2, 0.25) is 5.91 Å². The number of para-hydroxylation sites is 1. The first-order valence-electron chi connectivity index (χ1n) is 11.8. The molecule has 2 amide bonds. The van der Waals surface area contributed by atoms with Gasteiger partial charge in [-0.25, -0.2) is 0 Å². The van der Waals surface area contributed by atoms with Gasteiger partial charge >= 0.3 is 5.97 Å². The molecule has 32 heavy (non-hydrogen) atoms. The van der Waals surface area contributed by atoms with Crippen LogP contribution in [0, 0.1) is 6.92 Å². The smallest absolute Gasteiger partial charge is 0.303 e. The average Bonchev–Trinajstić information content (AvgIpc) is 3.12. The third-order valence-electron chi connectivity index (χ3n) is 5.82. The molecule has 0 aliphatic carbocycles. The van der Waals surface area contributed by atoms with Gasteiger partial charge in [0.1, 0.15) is 11.7 Å². The summed E-state index contributed by atoms with van der Waals surface area (Å²) in [6, 6.07) is 6.77. The number of fused-ring (bicyclic) bond motifs is 1. The van der Waals surface area contributed by atoms with E-state index in [1.807, 2.05) is 31.2 Å². The molecule has 1 aromatic heterocycles. The van der Waals surface area contributed by atoms with Crippen LogP contribution in [0.4, 0.5) is 0 Å². The van der Waals surface area contributed by atoms with Crippen LogP contribution >= 0.6 is 0 Å². The number of benzene rings is 1. The van der Waals surface area contributed by atoms with Crippen LogP contribution < -0.4 is 5.32 Å². The van der Waals surface area contributed by atoms with E-state index in [2.05, 4.69) is 24.1 Å². The quantitative estimate of drug-likeness (QED) is 0.370. The fourth-order valence-corrected chi connectivity index (χ4v) is 3.92. The van der Waals surface area contributed by atoms with Gasteiger partial charge in [-0.1, -0.05) is 57.7 Å². The number of rotatable bonds is 14. The van der Waals surface area contributed by atoms with Crippen LogP contribution in [0.5, 0.6) is 0 Å². The predicted octanol–water partition coefficient (Wildman–Crippen LogP) is 4.65. The van der Waals surface area contributed by atoms with Gasteiger partial charge in [-0.2, -0.15) is 0 Å². The monoisotopic (exact) mass is 443 g/mol. The van der Waals surface area contributed by atoms with Crippen molar-refractivity contribution < 1.29 is 19.5 Å². The molecule has 1 unspecified atom stereocenters. The van der Waals surface area contributed by atoms with Crippen LogP contribution in [-0.2, 0) is 9.59 Å². The highest BCUT2D eigenvalue weighted by Gasteiger charge is 2.28. The van der Waals surface area contributed by atoms with E-state index < -0.39 is 12.0 Å². The number of unbranched alkanes of at least 4 members (excludes halogenated alkanes) is 4. The summed E-state index contributed by atoms with van der Waals surface area (Å²) >= 11 is 0. The fourth-order valence-electron chi connectivity index (χ4n) is 3.92. The lowest BCUT2D eigenvalue weighted by molar-refractivity contribution is -0.138. The molecule has 0 spiro atoms. The summed E-state index contributed by atoms with van der Waals surface area (Å²) in [7, 11) is 0. The number of carboxylic acid groups (broad SMARTS) is 1. The van der Waals surface area contributed by atoms with Gasteiger partial charge in [-0.3, -0.25) is 14.4 Å². The van der Waals surface area contributed by atoms with Gasteiger partial charge < -0.3 is 20.3 Å². The summed E-state index contributed by atoms with van der Waals surface area (Å²) in [6.07, 6.45) is 5.84. The third kappa shape index (κ3) is 7.11. The number of hydrogen-bond acceptors (Lipinski definition) is 3. The van der Waals surface area contributed by atoms with Gasteiger partial charge in [0.25, 0.3) is 5.91 Å². The summed E-state index contributed by atoms with van der Waals surface area (Å²) in [5.41, 5.74) is 2.07. The summed E-state index contributed by atoms with van der Waals surface area (Å²) in [4.78, 5) is 42.6. The summed E-state index contributed by atoms with van der Waals surface area (Å²) in [5.74, 6) is -1.56. The van der Waals surface area contributed by atoms with E-state index in [1.165, 1.54) is 0 Å². The average molecular weight is 444 g/mol. The first-order valence-corrected chi connectivity index (χ1v) is 11.8. The van der Waals surface area contributed by atoms with Crippen LogP contribution in [0.25, 0.3) is 10.9 Å². The highest BCUT2D eigenvalue weighted by molar-refractivity contribution is 6.02. The largest absolute Gasteiger partial charge is 0.481 e. The number of aromatic amines is 1. The molecule has 7 heteroatoms. The molecule has 0 aliphatic heterocycles. The van der Waals surface area contributed by atoms with Gasteiger partial charge in [0.15, 0.2) is 0 Å². The lowest BCUT2D eigenvalue weighted by Gasteiger charge is -2.28. The summed E-state index contributed by atoms with van der Waals surface area (Å²) in [5, 5.41) is 13.0. The molecule has 2 aromatic rings. The lowest BCUT2D eigenvalue weighted by atomic mass is 10.1. The Morgan fingerprint density at radius 3 is 2.22 bits per heavy atom. The van der Waals surface area contributed by atoms with Gasteiger partial charge in [-0.15, -0.1) is 0 Å².